The predicted octanol–water partition coefficient (Wildman–Crippen LogP) is 4.67. The van der Waals surface area contributed by atoms with Crippen LogP contribution in [-0.4, -0.2) is 5.91 Å². The van der Waals surface area contributed by atoms with Crippen molar-refractivity contribution >= 4 is 34.2 Å². The highest BCUT2D eigenvalue weighted by molar-refractivity contribution is 14.1. The summed E-state index contributed by atoms with van der Waals surface area (Å²) in [5.41, 5.74) is 2.75. The quantitative estimate of drug-likeness (QED) is 0.788. The zero-order chi connectivity index (χ0) is 13.8. The molecule has 2 rings (SSSR count). The number of rotatable bonds is 3. The van der Waals surface area contributed by atoms with Crippen LogP contribution in [-0.2, 0) is 0 Å². The first kappa shape index (κ1) is 14.1. The minimum Gasteiger partial charge on any atom is -0.322 e. The van der Waals surface area contributed by atoms with E-state index in [1.54, 1.807) is 0 Å². The summed E-state index contributed by atoms with van der Waals surface area (Å²) in [5.74, 6) is 0.383. The molecule has 0 bridgehead atoms. The standard InChI is InChI=1S/C16H16INO/c1-11(2)12-5-4-8-15(10-12)18-16(19)13-6-3-7-14(17)9-13/h3-11H,1-2H3,(H,18,19). The average molecular weight is 365 g/mol. The number of carbonyl (C=O) groups excluding carboxylic acids is 1. The maximum Gasteiger partial charge on any atom is 0.255 e. The normalized spacial score (nSPS) is 10.5. The summed E-state index contributed by atoms with van der Waals surface area (Å²) >= 11 is 2.20. The summed E-state index contributed by atoms with van der Waals surface area (Å²) in [6, 6.07) is 15.5. The summed E-state index contributed by atoms with van der Waals surface area (Å²) in [4.78, 5) is 12.1. The third kappa shape index (κ3) is 3.80. The van der Waals surface area contributed by atoms with E-state index in [1.165, 1.54) is 5.56 Å². The highest BCUT2D eigenvalue weighted by Gasteiger charge is 2.07. The lowest BCUT2D eigenvalue weighted by molar-refractivity contribution is 0.102. The minimum atomic E-state index is -0.0700. The topological polar surface area (TPSA) is 29.1 Å². The fraction of sp³-hybridized carbons (Fsp3) is 0.188. The van der Waals surface area contributed by atoms with Crippen molar-refractivity contribution in [3.05, 3.63) is 63.2 Å². The maximum absolute atomic E-state index is 12.1. The van der Waals surface area contributed by atoms with Gasteiger partial charge in [0.2, 0.25) is 0 Å². The van der Waals surface area contributed by atoms with Gasteiger partial charge in [-0.25, -0.2) is 0 Å². The zero-order valence-electron chi connectivity index (χ0n) is 11.0. The number of amides is 1. The number of anilines is 1. The molecule has 0 radical (unpaired) electrons. The van der Waals surface area contributed by atoms with E-state index in [0.717, 1.165) is 9.26 Å². The molecular weight excluding hydrogens is 349 g/mol. The molecule has 0 aliphatic carbocycles. The molecule has 0 aliphatic rings. The molecule has 0 saturated carbocycles. The summed E-state index contributed by atoms with van der Waals surface area (Å²) in [6.45, 7) is 4.28. The number of carbonyl (C=O) groups is 1. The third-order valence-electron chi connectivity index (χ3n) is 2.90. The van der Waals surface area contributed by atoms with Crippen molar-refractivity contribution in [1.29, 1.82) is 0 Å². The molecule has 0 spiro atoms. The number of nitrogens with one attached hydrogen (secondary N) is 1. The van der Waals surface area contributed by atoms with Gasteiger partial charge in [-0.05, 0) is 64.4 Å². The highest BCUT2D eigenvalue weighted by atomic mass is 127. The van der Waals surface area contributed by atoms with Gasteiger partial charge in [-0.15, -0.1) is 0 Å². The summed E-state index contributed by atoms with van der Waals surface area (Å²) < 4.78 is 1.06. The van der Waals surface area contributed by atoms with Crippen molar-refractivity contribution in [1.82, 2.24) is 0 Å². The smallest absolute Gasteiger partial charge is 0.255 e. The van der Waals surface area contributed by atoms with Crippen molar-refractivity contribution in [2.75, 3.05) is 5.32 Å². The van der Waals surface area contributed by atoms with Gasteiger partial charge < -0.3 is 5.32 Å². The second kappa shape index (κ2) is 6.19. The van der Waals surface area contributed by atoms with Crippen molar-refractivity contribution < 1.29 is 4.79 Å². The Hall–Kier alpha value is -1.36. The molecule has 2 aromatic rings. The number of benzene rings is 2. The molecule has 19 heavy (non-hydrogen) atoms. The van der Waals surface area contributed by atoms with Gasteiger partial charge in [0.05, 0.1) is 0 Å². The van der Waals surface area contributed by atoms with Crippen LogP contribution in [0.1, 0.15) is 35.7 Å². The van der Waals surface area contributed by atoms with E-state index >= 15 is 0 Å². The SMILES string of the molecule is CC(C)c1cccc(NC(=O)c2cccc(I)c2)c1. The van der Waals surface area contributed by atoms with Crippen LogP contribution in [0.4, 0.5) is 5.69 Å². The predicted molar refractivity (Wildman–Crippen MR) is 87.6 cm³/mol. The number of hydrogen-bond acceptors (Lipinski definition) is 1. The van der Waals surface area contributed by atoms with E-state index in [1.807, 2.05) is 42.5 Å². The van der Waals surface area contributed by atoms with Crippen LogP contribution in [0.15, 0.2) is 48.5 Å². The van der Waals surface area contributed by atoms with Gasteiger partial charge in [0.25, 0.3) is 5.91 Å². The maximum atomic E-state index is 12.1. The van der Waals surface area contributed by atoms with Crippen LogP contribution < -0.4 is 5.32 Å². The Kier molecular flexibility index (Phi) is 4.58. The minimum absolute atomic E-state index is 0.0700. The monoisotopic (exact) mass is 365 g/mol. The van der Waals surface area contributed by atoms with Gasteiger partial charge in [0.15, 0.2) is 0 Å². The van der Waals surface area contributed by atoms with Gasteiger partial charge in [-0.2, -0.15) is 0 Å². The third-order valence-corrected chi connectivity index (χ3v) is 3.57. The van der Waals surface area contributed by atoms with Crippen LogP contribution >= 0.6 is 22.6 Å². The Labute approximate surface area is 127 Å². The molecule has 1 amide bonds. The zero-order valence-corrected chi connectivity index (χ0v) is 13.1. The summed E-state index contributed by atoms with van der Waals surface area (Å²) in [6.07, 6.45) is 0. The van der Waals surface area contributed by atoms with Crippen LogP contribution in [0.5, 0.6) is 0 Å². The Bertz CT molecular complexity index is 593. The Morgan fingerprint density at radius 1 is 1.11 bits per heavy atom. The average Bonchev–Trinajstić information content (AvgIpc) is 2.39. The van der Waals surface area contributed by atoms with E-state index in [4.69, 9.17) is 0 Å². The molecule has 98 valence electrons. The van der Waals surface area contributed by atoms with E-state index in [2.05, 4.69) is 47.8 Å². The number of halogens is 1. The first-order valence-electron chi connectivity index (χ1n) is 6.23. The molecule has 0 unspecified atom stereocenters. The molecule has 2 nitrogen and oxygen atoms in total. The van der Waals surface area contributed by atoms with Crippen molar-refractivity contribution in [3.8, 4) is 0 Å². The van der Waals surface area contributed by atoms with Crippen LogP contribution in [0, 0.1) is 3.57 Å². The van der Waals surface area contributed by atoms with Crippen LogP contribution in [0.2, 0.25) is 0 Å². The van der Waals surface area contributed by atoms with Gasteiger partial charge >= 0.3 is 0 Å². The van der Waals surface area contributed by atoms with Crippen molar-refractivity contribution in [3.63, 3.8) is 0 Å². The fourth-order valence-electron chi connectivity index (χ4n) is 1.81. The van der Waals surface area contributed by atoms with Gasteiger partial charge in [-0.3, -0.25) is 4.79 Å². The Balaban J connectivity index is 2.17. The lowest BCUT2D eigenvalue weighted by Crippen LogP contribution is -2.12. The van der Waals surface area contributed by atoms with E-state index in [9.17, 15) is 4.79 Å². The second-order valence-corrected chi connectivity index (χ2v) is 5.99. The van der Waals surface area contributed by atoms with Gasteiger partial charge in [-0.1, -0.05) is 32.0 Å². The lowest BCUT2D eigenvalue weighted by atomic mass is 10.0. The lowest BCUT2D eigenvalue weighted by Gasteiger charge is -2.09. The van der Waals surface area contributed by atoms with Crippen molar-refractivity contribution in [2.45, 2.75) is 19.8 Å². The molecule has 2 aromatic carbocycles. The Morgan fingerprint density at radius 2 is 1.84 bits per heavy atom. The Morgan fingerprint density at radius 3 is 2.53 bits per heavy atom. The molecule has 1 N–H and O–H groups in total. The van der Waals surface area contributed by atoms with Gasteiger partial charge in [0, 0.05) is 14.8 Å². The highest BCUT2D eigenvalue weighted by Crippen LogP contribution is 2.19. The second-order valence-electron chi connectivity index (χ2n) is 4.74. The van der Waals surface area contributed by atoms with Crippen LogP contribution in [0.3, 0.4) is 0 Å². The molecule has 0 heterocycles. The molecule has 0 atom stereocenters. The largest absolute Gasteiger partial charge is 0.322 e. The van der Waals surface area contributed by atoms with Crippen molar-refractivity contribution in [2.24, 2.45) is 0 Å². The molecule has 0 aromatic heterocycles. The van der Waals surface area contributed by atoms with E-state index in [-0.39, 0.29) is 5.91 Å². The van der Waals surface area contributed by atoms with Gasteiger partial charge in [0.1, 0.15) is 0 Å². The molecule has 0 fully saturated rings. The fourth-order valence-corrected chi connectivity index (χ4v) is 2.35. The first-order valence-corrected chi connectivity index (χ1v) is 7.31. The summed E-state index contributed by atoms with van der Waals surface area (Å²) in [5, 5.41) is 2.94. The summed E-state index contributed by atoms with van der Waals surface area (Å²) in [7, 11) is 0. The molecule has 0 saturated heterocycles. The number of hydrogen-bond donors (Lipinski definition) is 1. The van der Waals surface area contributed by atoms with E-state index < -0.39 is 0 Å². The van der Waals surface area contributed by atoms with Crippen LogP contribution in [0.25, 0.3) is 0 Å². The molecular formula is C16H16INO. The molecule has 3 heteroatoms. The molecule has 0 aliphatic heterocycles. The van der Waals surface area contributed by atoms with E-state index in [0.29, 0.717) is 11.5 Å². The first-order chi connectivity index (χ1) is 9.06.